The molecule has 0 saturated heterocycles. The van der Waals surface area contributed by atoms with Crippen LogP contribution in [0, 0.1) is 0 Å². The van der Waals surface area contributed by atoms with Crippen molar-refractivity contribution in [2.75, 3.05) is 12.3 Å². The van der Waals surface area contributed by atoms with Crippen LogP contribution < -0.4 is 11.1 Å². The van der Waals surface area contributed by atoms with Gasteiger partial charge in [0.1, 0.15) is 5.69 Å². The molecule has 2 rings (SSSR count). The summed E-state index contributed by atoms with van der Waals surface area (Å²) in [7, 11) is 0. The first-order valence-electron chi connectivity index (χ1n) is 7.87. The first kappa shape index (κ1) is 15.4. The Kier molecular flexibility index (Phi) is 5.67. The number of nitrogen functional groups attached to an aromatic ring is 1. The monoisotopic (exact) mass is 287 g/mol. The second kappa shape index (κ2) is 7.72. The van der Waals surface area contributed by atoms with Gasteiger partial charge in [-0.2, -0.15) is 0 Å². The maximum Gasteiger partial charge on any atom is 0.267 e. The second-order valence-corrected chi connectivity index (χ2v) is 5.55. The van der Waals surface area contributed by atoms with Gasteiger partial charge in [-0.1, -0.05) is 39.0 Å². The fraction of sp³-hybridized carbons (Fsp3) is 0.471. The van der Waals surface area contributed by atoms with Crippen molar-refractivity contribution in [2.45, 2.75) is 45.4 Å². The molecule has 1 heterocycles. The highest BCUT2D eigenvalue weighted by Gasteiger charge is 2.08. The third-order valence-electron chi connectivity index (χ3n) is 3.71. The van der Waals surface area contributed by atoms with Crippen LogP contribution >= 0.6 is 0 Å². The largest absolute Gasteiger partial charge is 0.399 e. The molecule has 0 spiro atoms. The molecule has 0 aliphatic heterocycles. The van der Waals surface area contributed by atoms with E-state index in [-0.39, 0.29) is 5.91 Å². The number of aromatic nitrogens is 1. The predicted octanol–water partition coefficient (Wildman–Crippen LogP) is 3.84. The van der Waals surface area contributed by atoms with Crippen molar-refractivity contribution in [1.82, 2.24) is 10.3 Å². The van der Waals surface area contributed by atoms with Crippen LogP contribution in [0.5, 0.6) is 0 Å². The highest BCUT2D eigenvalue weighted by Crippen LogP contribution is 2.18. The minimum Gasteiger partial charge on any atom is -0.399 e. The molecule has 21 heavy (non-hydrogen) atoms. The summed E-state index contributed by atoms with van der Waals surface area (Å²) in [6, 6.07) is 7.45. The van der Waals surface area contributed by atoms with Gasteiger partial charge < -0.3 is 16.0 Å². The highest BCUT2D eigenvalue weighted by molar-refractivity contribution is 5.98. The van der Waals surface area contributed by atoms with Gasteiger partial charge in [-0.15, -0.1) is 0 Å². The number of carbonyl (C=O) groups is 1. The van der Waals surface area contributed by atoms with E-state index in [1.807, 2.05) is 24.3 Å². The van der Waals surface area contributed by atoms with Crippen molar-refractivity contribution in [1.29, 1.82) is 0 Å². The topological polar surface area (TPSA) is 70.9 Å². The Balaban J connectivity index is 1.77. The van der Waals surface area contributed by atoms with E-state index in [1.54, 1.807) is 0 Å². The zero-order chi connectivity index (χ0) is 15.1. The van der Waals surface area contributed by atoms with Crippen LogP contribution in [-0.4, -0.2) is 17.4 Å². The molecule has 1 aromatic carbocycles. The van der Waals surface area contributed by atoms with Gasteiger partial charge in [-0.3, -0.25) is 4.79 Å². The Bertz CT molecular complexity index is 589. The third kappa shape index (κ3) is 4.52. The second-order valence-electron chi connectivity index (χ2n) is 5.55. The van der Waals surface area contributed by atoms with Crippen LogP contribution in [0.4, 0.5) is 5.69 Å². The lowest BCUT2D eigenvalue weighted by atomic mass is 10.1. The number of hydrogen-bond acceptors (Lipinski definition) is 2. The van der Waals surface area contributed by atoms with Gasteiger partial charge in [0, 0.05) is 23.1 Å². The summed E-state index contributed by atoms with van der Waals surface area (Å²) in [5.41, 5.74) is 7.99. The lowest BCUT2D eigenvalue weighted by molar-refractivity contribution is 0.0949. The first-order chi connectivity index (χ1) is 10.2. The molecular weight excluding hydrogens is 262 g/mol. The molecule has 0 fully saturated rings. The summed E-state index contributed by atoms with van der Waals surface area (Å²) in [6.07, 6.45) is 7.36. The molecule has 0 atom stereocenters. The summed E-state index contributed by atoms with van der Waals surface area (Å²) in [5, 5.41) is 3.94. The summed E-state index contributed by atoms with van der Waals surface area (Å²) in [6.45, 7) is 2.95. The van der Waals surface area contributed by atoms with Crippen molar-refractivity contribution in [3.8, 4) is 0 Å². The number of aromatic amines is 1. The van der Waals surface area contributed by atoms with Gasteiger partial charge in [0.05, 0.1) is 0 Å². The third-order valence-corrected chi connectivity index (χ3v) is 3.71. The molecule has 0 saturated carbocycles. The van der Waals surface area contributed by atoms with E-state index in [2.05, 4.69) is 17.2 Å². The Hall–Kier alpha value is -1.97. The fourth-order valence-corrected chi connectivity index (χ4v) is 2.48. The normalized spacial score (nSPS) is 10.9. The molecular formula is C17H25N3O. The van der Waals surface area contributed by atoms with Crippen LogP contribution in [0.1, 0.15) is 55.9 Å². The van der Waals surface area contributed by atoms with E-state index in [4.69, 9.17) is 5.73 Å². The number of hydrogen-bond donors (Lipinski definition) is 3. The quantitative estimate of drug-likeness (QED) is 0.510. The van der Waals surface area contributed by atoms with Crippen LogP contribution in [0.25, 0.3) is 10.9 Å². The predicted molar refractivity (Wildman–Crippen MR) is 88.4 cm³/mol. The van der Waals surface area contributed by atoms with Crippen LogP contribution in [0.2, 0.25) is 0 Å². The van der Waals surface area contributed by atoms with Gasteiger partial charge in [-0.05, 0) is 30.7 Å². The van der Waals surface area contributed by atoms with Gasteiger partial charge >= 0.3 is 0 Å². The number of benzene rings is 1. The maximum absolute atomic E-state index is 12.1. The molecule has 2 aromatic rings. The molecule has 4 heteroatoms. The first-order valence-corrected chi connectivity index (χ1v) is 7.87. The Labute approximate surface area is 126 Å². The number of fused-ring (bicyclic) bond motifs is 1. The average molecular weight is 287 g/mol. The fourth-order valence-electron chi connectivity index (χ4n) is 2.48. The molecule has 1 amide bonds. The Morgan fingerprint density at radius 2 is 1.90 bits per heavy atom. The summed E-state index contributed by atoms with van der Waals surface area (Å²) in [5.74, 6) is -0.0432. The van der Waals surface area contributed by atoms with Gasteiger partial charge in [0.2, 0.25) is 0 Å². The summed E-state index contributed by atoms with van der Waals surface area (Å²) >= 11 is 0. The number of carbonyl (C=O) groups excluding carboxylic acids is 1. The van der Waals surface area contributed by atoms with Crippen molar-refractivity contribution >= 4 is 22.5 Å². The number of unbranched alkanes of at least 4 members (excludes halogenated alkanes) is 5. The number of nitrogens with one attached hydrogen (secondary N) is 2. The molecule has 4 N–H and O–H groups in total. The lowest BCUT2D eigenvalue weighted by Gasteiger charge is -2.03. The SMILES string of the molecule is CCCCCCCCNC(=O)c1cc2cc(N)ccc2[nH]1. The number of amides is 1. The van der Waals surface area contributed by atoms with E-state index >= 15 is 0 Å². The lowest BCUT2D eigenvalue weighted by Crippen LogP contribution is -2.24. The van der Waals surface area contributed by atoms with Gasteiger partial charge in [0.15, 0.2) is 0 Å². The standard InChI is InChI=1S/C17H25N3O/c1-2-3-4-5-6-7-10-19-17(21)16-12-13-11-14(18)8-9-15(13)20-16/h8-9,11-12,20H,2-7,10,18H2,1H3,(H,19,21). The minimum absolute atomic E-state index is 0.0432. The molecule has 114 valence electrons. The van der Waals surface area contributed by atoms with Crippen LogP contribution in [-0.2, 0) is 0 Å². The molecule has 0 aliphatic carbocycles. The van der Waals surface area contributed by atoms with Crippen molar-refractivity contribution in [2.24, 2.45) is 0 Å². The van der Waals surface area contributed by atoms with Crippen LogP contribution in [0.15, 0.2) is 24.3 Å². The molecule has 0 unspecified atom stereocenters. The van der Waals surface area contributed by atoms with E-state index in [9.17, 15) is 4.79 Å². The van der Waals surface area contributed by atoms with Crippen molar-refractivity contribution < 1.29 is 4.79 Å². The molecule has 0 aliphatic rings. The minimum atomic E-state index is -0.0432. The maximum atomic E-state index is 12.1. The Morgan fingerprint density at radius 3 is 2.71 bits per heavy atom. The number of anilines is 1. The zero-order valence-corrected chi connectivity index (χ0v) is 12.7. The van der Waals surface area contributed by atoms with E-state index in [0.29, 0.717) is 11.4 Å². The van der Waals surface area contributed by atoms with Crippen LogP contribution in [0.3, 0.4) is 0 Å². The molecule has 1 aromatic heterocycles. The average Bonchev–Trinajstić information content (AvgIpc) is 2.89. The zero-order valence-electron chi connectivity index (χ0n) is 12.7. The van der Waals surface area contributed by atoms with Crippen molar-refractivity contribution in [3.05, 3.63) is 30.0 Å². The summed E-state index contributed by atoms with van der Waals surface area (Å²) in [4.78, 5) is 15.2. The molecule has 0 radical (unpaired) electrons. The van der Waals surface area contributed by atoms with Crippen molar-refractivity contribution in [3.63, 3.8) is 0 Å². The summed E-state index contributed by atoms with van der Waals surface area (Å²) < 4.78 is 0. The number of H-pyrrole nitrogens is 1. The molecule has 0 bridgehead atoms. The number of rotatable bonds is 8. The smallest absolute Gasteiger partial charge is 0.267 e. The van der Waals surface area contributed by atoms with E-state index in [0.717, 1.165) is 23.9 Å². The number of nitrogens with two attached hydrogens (primary N) is 1. The highest BCUT2D eigenvalue weighted by atomic mass is 16.1. The van der Waals surface area contributed by atoms with Gasteiger partial charge in [-0.25, -0.2) is 0 Å². The van der Waals surface area contributed by atoms with Gasteiger partial charge in [0.25, 0.3) is 5.91 Å². The Morgan fingerprint density at radius 1 is 1.14 bits per heavy atom. The van der Waals surface area contributed by atoms with E-state index in [1.165, 1.54) is 32.1 Å². The van der Waals surface area contributed by atoms with E-state index < -0.39 is 0 Å². The molecule has 4 nitrogen and oxygen atoms in total.